The first-order chi connectivity index (χ1) is 10.0. The molecule has 0 saturated carbocycles. The normalized spacial score (nSPS) is 12.7. The van der Waals surface area contributed by atoms with E-state index < -0.39 is 6.04 Å². The molecular formula is C15H16N4O2. The number of carbonyl (C=O) groups excluding carboxylic acids is 1. The first-order valence-corrected chi connectivity index (χ1v) is 6.76. The van der Waals surface area contributed by atoms with E-state index in [4.69, 9.17) is 0 Å². The number of rotatable bonds is 2. The zero-order valence-corrected chi connectivity index (χ0v) is 12.1. The fourth-order valence-electron chi connectivity index (χ4n) is 2.71. The molecule has 0 radical (unpaired) electrons. The third-order valence-electron chi connectivity index (χ3n) is 3.68. The van der Waals surface area contributed by atoms with E-state index in [1.54, 1.807) is 7.05 Å². The predicted molar refractivity (Wildman–Crippen MR) is 80.5 cm³/mol. The molecule has 0 fully saturated rings. The number of nitrogens with zero attached hydrogens (tertiary/aromatic N) is 3. The van der Waals surface area contributed by atoms with Crippen LogP contribution >= 0.6 is 0 Å². The zero-order chi connectivity index (χ0) is 15.1. The lowest BCUT2D eigenvalue weighted by atomic mass is 10.2. The molecule has 0 spiro atoms. The summed E-state index contributed by atoms with van der Waals surface area (Å²) in [7, 11) is 1.61. The van der Waals surface area contributed by atoms with Crippen LogP contribution in [0.5, 0.6) is 0 Å². The molecule has 0 aliphatic heterocycles. The fourth-order valence-corrected chi connectivity index (χ4v) is 2.71. The topological polar surface area (TPSA) is 68.4 Å². The van der Waals surface area contributed by atoms with Crippen LogP contribution < -0.4 is 10.9 Å². The number of nitrogens with one attached hydrogen (secondary N) is 1. The molecule has 3 aromatic rings. The van der Waals surface area contributed by atoms with Crippen LogP contribution in [0, 0.1) is 6.92 Å². The van der Waals surface area contributed by atoms with Crippen LogP contribution in [0.15, 0.2) is 35.1 Å². The number of hydrogen-bond acceptors (Lipinski definition) is 3. The van der Waals surface area contributed by atoms with E-state index in [1.165, 1.54) is 6.07 Å². The molecule has 2 heterocycles. The second-order valence-corrected chi connectivity index (χ2v) is 5.02. The molecule has 0 aliphatic carbocycles. The van der Waals surface area contributed by atoms with Gasteiger partial charge >= 0.3 is 0 Å². The van der Waals surface area contributed by atoms with Crippen molar-refractivity contribution in [3.05, 3.63) is 46.4 Å². The molecule has 21 heavy (non-hydrogen) atoms. The van der Waals surface area contributed by atoms with Gasteiger partial charge in [0.05, 0.1) is 5.52 Å². The molecule has 1 aromatic carbocycles. The Hall–Kier alpha value is -2.63. The Morgan fingerprint density at radius 3 is 2.76 bits per heavy atom. The summed E-state index contributed by atoms with van der Waals surface area (Å²) >= 11 is 0. The van der Waals surface area contributed by atoms with E-state index in [0.717, 1.165) is 16.6 Å². The Bertz CT molecular complexity index is 907. The van der Waals surface area contributed by atoms with Gasteiger partial charge in [0, 0.05) is 24.2 Å². The monoisotopic (exact) mass is 284 g/mol. The predicted octanol–water partition coefficient (Wildman–Crippen LogP) is 1.26. The highest BCUT2D eigenvalue weighted by molar-refractivity contribution is 5.94. The van der Waals surface area contributed by atoms with Gasteiger partial charge in [0.15, 0.2) is 5.65 Å². The van der Waals surface area contributed by atoms with E-state index in [1.807, 2.05) is 47.3 Å². The van der Waals surface area contributed by atoms with Gasteiger partial charge in [0.2, 0.25) is 5.91 Å². The zero-order valence-electron chi connectivity index (χ0n) is 12.1. The molecule has 3 rings (SSSR count). The molecule has 1 unspecified atom stereocenters. The molecule has 0 saturated heterocycles. The standard InChI is InChI=1S/C15H16N4O2/c1-9-8-13(20)17-14-11-6-4-5-7-12(11)19(18(9)14)10(2)15(21)16-3/h4-8,10H,1-3H3,(H,16,21). The van der Waals surface area contributed by atoms with Crippen LogP contribution in [0.2, 0.25) is 0 Å². The Morgan fingerprint density at radius 2 is 2.05 bits per heavy atom. The summed E-state index contributed by atoms with van der Waals surface area (Å²) < 4.78 is 3.69. The molecule has 2 aromatic heterocycles. The van der Waals surface area contributed by atoms with E-state index in [2.05, 4.69) is 10.3 Å². The van der Waals surface area contributed by atoms with Crippen molar-refractivity contribution >= 4 is 22.5 Å². The Morgan fingerprint density at radius 1 is 1.33 bits per heavy atom. The van der Waals surface area contributed by atoms with E-state index >= 15 is 0 Å². The molecule has 1 N–H and O–H groups in total. The summed E-state index contributed by atoms with van der Waals surface area (Å²) in [5.74, 6) is -0.101. The van der Waals surface area contributed by atoms with Gasteiger partial charge in [-0.3, -0.25) is 14.3 Å². The second-order valence-electron chi connectivity index (χ2n) is 5.02. The number of para-hydroxylation sites is 1. The lowest BCUT2D eigenvalue weighted by molar-refractivity contribution is -0.123. The maximum atomic E-state index is 12.0. The van der Waals surface area contributed by atoms with Gasteiger partial charge in [-0.2, -0.15) is 4.98 Å². The molecule has 6 heteroatoms. The number of hydrogen-bond donors (Lipinski definition) is 1. The van der Waals surface area contributed by atoms with Gasteiger partial charge in [-0.25, -0.2) is 4.52 Å². The van der Waals surface area contributed by atoms with Gasteiger partial charge in [0.25, 0.3) is 5.56 Å². The van der Waals surface area contributed by atoms with Crippen LogP contribution in [0.1, 0.15) is 18.7 Å². The van der Waals surface area contributed by atoms with Gasteiger partial charge in [0.1, 0.15) is 6.04 Å². The maximum Gasteiger partial charge on any atom is 0.273 e. The molecule has 0 bridgehead atoms. The number of likely N-dealkylation sites (N-methyl/N-ethyl adjacent to an activating group) is 1. The lowest BCUT2D eigenvalue weighted by Gasteiger charge is -2.16. The smallest absolute Gasteiger partial charge is 0.273 e. The van der Waals surface area contributed by atoms with E-state index in [0.29, 0.717) is 5.65 Å². The van der Waals surface area contributed by atoms with Crippen molar-refractivity contribution in [2.24, 2.45) is 0 Å². The van der Waals surface area contributed by atoms with E-state index in [-0.39, 0.29) is 11.5 Å². The Labute approximate surface area is 121 Å². The first-order valence-electron chi connectivity index (χ1n) is 6.76. The molecule has 1 atom stereocenters. The minimum absolute atomic E-state index is 0.101. The van der Waals surface area contributed by atoms with Gasteiger partial charge in [-0.15, -0.1) is 0 Å². The van der Waals surface area contributed by atoms with Crippen LogP contribution in [-0.2, 0) is 4.79 Å². The lowest BCUT2D eigenvalue weighted by Crippen LogP contribution is -2.30. The van der Waals surface area contributed by atoms with E-state index in [9.17, 15) is 9.59 Å². The van der Waals surface area contributed by atoms with Crippen LogP contribution in [0.3, 0.4) is 0 Å². The van der Waals surface area contributed by atoms with Crippen molar-refractivity contribution in [3.63, 3.8) is 0 Å². The summed E-state index contributed by atoms with van der Waals surface area (Å²) in [4.78, 5) is 27.9. The highest BCUT2D eigenvalue weighted by Crippen LogP contribution is 2.24. The van der Waals surface area contributed by atoms with Crippen LogP contribution in [0.25, 0.3) is 16.6 Å². The van der Waals surface area contributed by atoms with Gasteiger partial charge in [-0.05, 0) is 26.0 Å². The number of amides is 1. The summed E-state index contributed by atoms with van der Waals surface area (Å²) in [6.07, 6.45) is 0. The molecule has 0 aliphatic rings. The van der Waals surface area contributed by atoms with Crippen molar-refractivity contribution < 1.29 is 4.79 Å². The number of benzene rings is 1. The quantitative estimate of drug-likeness (QED) is 0.770. The van der Waals surface area contributed by atoms with Crippen LogP contribution in [0.4, 0.5) is 0 Å². The summed E-state index contributed by atoms with van der Waals surface area (Å²) in [5.41, 5.74) is 1.92. The fraction of sp³-hybridized carbons (Fsp3) is 0.267. The highest BCUT2D eigenvalue weighted by atomic mass is 16.2. The Kier molecular flexibility index (Phi) is 3.01. The molecule has 1 amide bonds. The highest BCUT2D eigenvalue weighted by Gasteiger charge is 2.21. The first kappa shape index (κ1) is 13.4. The number of fused-ring (bicyclic) bond motifs is 3. The largest absolute Gasteiger partial charge is 0.357 e. The van der Waals surface area contributed by atoms with Crippen molar-refractivity contribution in [2.75, 3.05) is 7.05 Å². The third kappa shape index (κ3) is 1.91. The molecule has 6 nitrogen and oxygen atoms in total. The van der Waals surface area contributed by atoms with Gasteiger partial charge < -0.3 is 5.32 Å². The second kappa shape index (κ2) is 4.73. The van der Waals surface area contributed by atoms with Crippen molar-refractivity contribution in [3.8, 4) is 0 Å². The minimum atomic E-state index is -0.416. The average Bonchev–Trinajstić information content (AvgIpc) is 2.80. The summed E-state index contributed by atoms with van der Waals surface area (Å²) in [5, 5.41) is 3.51. The molecule has 108 valence electrons. The van der Waals surface area contributed by atoms with Gasteiger partial charge in [-0.1, -0.05) is 12.1 Å². The van der Waals surface area contributed by atoms with Crippen LogP contribution in [-0.4, -0.2) is 27.1 Å². The Balaban J connectivity index is 2.50. The average molecular weight is 284 g/mol. The number of aromatic nitrogens is 3. The summed E-state index contributed by atoms with van der Waals surface area (Å²) in [6.45, 7) is 3.66. The van der Waals surface area contributed by atoms with Crippen molar-refractivity contribution in [2.45, 2.75) is 19.9 Å². The minimum Gasteiger partial charge on any atom is -0.357 e. The van der Waals surface area contributed by atoms with Crippen molar-refractivity contribution in [1.29, 1.82) is 0 Å². The third-order valence-corrected chi connectivity index (χ3v) is 3.68. The SMILES string of the molecule is CNC(=O)C(C)n1c2ccccc2c2nc(=O)cc(C)n21. The number of carbonyl (C=O) groups is 1. The number of aryl methyl sites for hydroxylation is 1. The molecular weight excluding hydrogens is 268 g/mol. The van der Waals surface area contributed by atoms with Crippen molar-refractivity contribution in [1.82, 2.24) is 19.5 Å². The summed E-state index contributed by atoms with van der Waals surface area (Å²) in [6, 6.07) is 8.68. The maximum absolute atomic E-state index is 12.0.